The minimum Gasteiger partial charge on any atom is -0.332 e. The minimum atomic E-state index is -0.621. The summed E-state index contributed by atoms with van der Waals surface area (Å²) in [6, 6.07) is 15.0. The summed E-state index contributed by atoms with van der Waals surface area (Å²) in [7, 11) is 0. The maximum atomic E-state index is 13.9. The van der Waals surface area contributed by atoms with E-state index in [1.54, 1.807) is 30.5 Å². The summed E-state index contributed by atoms with van der Waals surface area (Å²) in [4.78, 5) is 23.3. The number of rotatable bonds is 5. The van der Waals surface area contributed by atoms with E-state index in [1.807, 2.05) is 12.1 Å². The molecule has 2 N–H and O–H groups in total. The van der Waals surface area contributed by atoms with Crippen LogP contribution in [0, 0.1) is 15.9 Å². The molecule has 0 aliphatic rings. The van der Waals surface area contributed by atoms with Crippen LogP contribution in [0.25, 0.3) is 10.9 Å². The summed E-state index contributed by atoms with van der Waals surface area (Å²) in [6.45, 7) is 0. The molecule has 4 rings (SSSR count). The average molecular weight is 376 g/mol. The largest absolute Gasteiger partial charge is 0.353 e. The van der Waals surface area contributed by atoms with Crippen LogP contribution >= 0.6 is 0 Å². The van der Waals surface area contributed by atoms with Gasteiger partial charge in [0, 0.05) is 11.6 Å². The van der Waals surface area contributed by atoms with Crippen molar-refractivity contribution in [2.24, 2.45) is 0 Å². The second kappa shape index (κ2) is 7.23. The van der Waals surface area contributed by atoms with Crippen molar-refractivity contribution in [2.75, 3.05) is 10.6 Å². The molecule has 0 saturated heterocycles. The van der Waals surface area contributed by atoms with Gasteiger partial charge < -0.3 is 10.6 Å². The Balaban J connectivity index is 1.77. The van der Waals surface area contributed by atoms with Gasteiger partial charge in [0.15, 0.2) is 0 Å². The molecule has 2 aromatic heterocycles. The third-order valence-electron chi connectivity index (χ3n) is 4.02. The SMILES string of the molecule is O=[N+]([O-])c1c(Nc2ccccc2F)ncnc1Nc1cccc2cccnc12. The highest BCUT2D eigenvalue weighted by Gasteiger charge is 2.24. The summed E-state index contributed by atoms with van der Waals surface area (Å²) in [5.74, 6) is -0.707. The van der Waals surface area contributed by atoms with Crippen molar-refractivity contribution >= 4 is 39.6 Å². The molecule has 0 bridgehead atoms. The second-order valence-corrected chi connectivity index (χ2v) is 5.79. The van der Waals surface area contributed by atoms with Crippen LogP contribution in [0.1, 0.15) is 0 Å². The lowest BCUT2D eigenvalue weighted by Crippen LogP contribution is -2.06. The third kappa shape index (κ3) is 3.28. The van der Waals surface area contributed by atoms with Gasteiger partial charge in [0.25, 0.3) is 0 Å². The van der Waals surface area contributed by atoms with E-state index in [9.17, 15) is 14.5 Å². The van der Waals surface area contributed by atoms with E-state index in [1.165, 1.54) is 18.2 Å². The van der Waals surface area contributed by atoms with Gasteiger partial charge in [-0.2, -0.15) is 0 Å². The molecule has 0 aliphatic heterocycles. The number of pyridine rings is 1. The summed E-state index contributed by atoms with van der Waals surface area (Å²) in [5.41, 5.74) is 0.860. The van der Waals surface area contributed by atoms with E-state index in [2.05, 4.69) is 25.6 Å². The van der Waals surface area contributed by atoms with Gasteiger partial charge in [0.1, 0.15) is 12.1 Å². The number of aromatic nitrogens is 3. The van der Waals surface area contributed by atoms with Crippen molar-refractivity contribution in [3.05, 3.63) is 83.1 Å². The maximum Gasteiger partial charge on any atom is 0.353 e. The smallest absolute Gasteiger partial charge is 0.332 e. The van der Waals surface area contributed by atoms with Crippen LogP contribution < -0.4 is 10.6 Å². The molecule has 28 heavy (non-hydrogen) atoms. The second-order valence-electron chi connectivity index (χ2n) is 5.79. The van der Waals surface area contributed by atoms with Gasteiger partial charge in [-0.1, -0.05) is 30.3 Å². The van der Waals surface area contributed by atoms with Gasteiger partial charge >= 0.3 is 5.69 Å². The van der Waals surface area contributed by atoms with Crippen LogP contribution in [-0.2, 0) is 0 Å². The van der Waals surface area contributed by atoms with Gasteiger partial charge in [0.2, 0.25) is 11.6 Å². The molecule has 2 heterocycles. The number of anilines is 4. The zero-order chi connectivity index (χ0) is 19.5. The Bertz CT molecular complexity index is 1180. The van der Waals surface area contributed by atoms with Crippen LogP contribution in [0.5, 0.6) is 0 Å². The molecule has 138 valence electrons. The molecule has 0 unspecified atom stereocenters. The fraction of sp³-hybridized carbons (Fsp3) is 0. The summed E-state index contributed by atoms with van der Waals surface area (Å²) in [5, 5.41) is 18.2. The van der Waals surface area contributed by atoms with Crippen LogP contribution in [0.3, 0.4) is 0 Å². The lowest BCUT2D eigenvalue weighted by atomic mass is 10.2. The molecule has 9 heteroatoms. The van der Waals surface area contributed by atoms with E-state index in [0.29, 0.717) is 11.2 Å². The number of nitrogens with zero attached hydrogens (tertiary/aromatic N) is 4. The van der Waals surface area contributed by atoms with Crippen LogP contribution in [0.2, 0.25) is 0 Å². The normalized spacial score (nSPS) is 10.6. The van der Waals surface area contributed by atoms with Crippen molar-refractivity contribution in [1.29, 1.82) is 0 Å². The predicted octanol–water partition coefficient (Wildman–Crippen LogP) is 4.56. The van der Waals surface area contributed by atoms with Gasteiger partial charge in [-0.15, -0.1) is 0 Å². The molecular weight excluding hydrogens is 363 g/mol. The first-order valence-corrected chi connectivity index (χ1v) is 8.25. The molecule has 0 saturated carbocycles. The Labute approximate surface area is 158 Å². The number of nitrogens with one attached hydrogen (secondary N) is 2. The van der Waals surface area contributed by atoms with Crippen molar-refractivity contribution in [3.8, 4) is 0 Å². The third-order valence-corrected chi connectivity index (χ3v) is 4.02. The fourth-order valence-electron chi connectivity index (χ4n) is 2.76. The van der Waals surface area contributed by atoms with Crippen LogP contribution in [-0.4, -0.2) is 19.9 Å². The van der Waals surface area contributed by atoms with Gasteiger partial charge in [-0.3, -0.25) is 15.1 Å². The van der Waals surface area contributed by atoms with E-state index in [-0.39, 0.29) is 17.3 Å². The number of hydrogen-bond donors (Lipinski definition) is 2. The van der Waals surface area contributed by atoms with Crippen molar-refractivity contribution < 1.29 is 9.31 Å². The van der Waals surface area contributed by atoms with Gasteiger partial charge in [-0.05, 0) is 24.3 Å². The summed E-state index contributed by atoms with van der Waals surface area (Å²) in [6.07, 6.45) is 2.80. The molecular formula is C19H13FN6O2. The van der Waals surface area contributed by atoms with E-state index in [4.69, 9.17) is 0 Å². The van der Waals surface area contributed by atoms with E-state index < -0.39 is 16.4 Å². The molecule has 2 aromatic carbocycles. The van der Waals surface area contributed by atoms with Crippen LogP contribution in [0.15, 0.2) is 67.1 Å². The van der Waals surface area contributed by atoms with Crippen molar-refractivity contribution in [3.63, 3.8) is 0 Å². The van der Waals surface area contributed by atoms with Crippen molar-refractivity contribution in [1.82, 2.24) is 15.0 Å². The van der Waals surface area contributed by atoms with E-state index in [0.717, 1.165) is 11.7 Å². The standard InChI is InChI=1S/C19H13FN6O2/c20-13-7-1-2-8-14(13)24-18-17(26(27)28)19(23-11-22-18)25-15-9-3-5-12-6-4-10-21-16(12)15/h1-11H,(H2,22,23,24,25). The lowest BCUT2D eigenvalue weighted by Gasteiger charge is -2.11. The molecule has 0 aliphatic carbocycles. The van der Waals surface area contributed by atoms with Crippen molar-refractivity contribution in [2.45, 2.75) is 0 Å². The molecule has 4 aromatic rings. The molecule has 0 amide bonds. The van der Waals surface area contributed by atoms with Gasteiger partial charge in [0.05, 0.1) is 21.8 Å². The predicted molar refractivity (Wildman–Crippen MR) is 103 cm³/mol. The lowest BCUT2D eigenvalue weighted by molar-refractivity contribution is -0.383. The number of fused-ring (bicyclic) bond motifs is 1. The van der Waals surface area contributed by atoms with Gasteiger partial charge in [-0.25, -0.2) is 14.4 Å². The zero-order valence-corrected chi connectivity index (χ0v) is 14.3. The molecule has 8 nitrogen and oxygen atoms in total. The average Bonchev–Trinajstić information content (AvgIpc) is 2.70. The Kier molecular flexibility index (Phi) is 4.47. The number of para-hydroxylation sites is 2. The highest BCUT2D eigenvalue weighted by Crippen LogP contribution is 2.34. The number of nitro groups is 1. The molecule has 0 spiro atoms. The molecule has 0 fully saturated rings. The fourth-order valence-corrected chi connectivity index (χ4v) is 2.76. The number of hydrogen-bond acceptors (Lipinski definition) is 7. The first kappa shape index (κ1) is 17.3. The topological polar surface area (TPSA) is 106 Å². The Morgan fingerprint density at radius 2 is 1.54 bits per heavy atom. The highest BCUT2D eigenvalue weighted by molar-refractivity contribution is 5.93. The van der Waals surface area contributed by atoms with E-state index >= 15 is 0 Å². The van der Waals surface area contributed by atoms with Crippen LogP contribution in [0.4, 0.5) is 33.1 Å². The summed E-state index contributed by atoms with van der Waals surface area (Å²) >= 11 is 0. The highest BCUT2D eigenvalue weighted by atomic mass is 19.1. The Morgan fingerprint density at radius 3 is 2.29 bits per heavy atom. The number of benzene rings is 2. The quantitative estimate of drug-likeness (QED) is 0.388. The molecule has 0 atom stereocenters. The first-order valence-electron chi connectivity index (χ1n) is 8.25. The maximum absolute atomic E-state index is 13.9. The summed E-state index contributed by atoms with van der Waals surface area (Å²) < 4.78 is 13.9. The Hall–Kier alpha value is -4.14. The Morgan fingerprint density at radius 1 is 0.857 bits per heavy atom. The zero-order valence-electron chi connectivity index (χ0n) is 14.3. The molecule has 0 radical (unpaired) electrons. The minimum absolute atomic E-state index is 0.0306. The number of halogens is 1. The first-order chi connectivity index (χ1) is 13.6. The monoisotopic (exact) mass is 376 g/mol.